The van der Waals surface area contributed by atoms with Crippen LogP contribution in [0.1, 0.15) is 10.6 Å². The van der Waals surface area contributed by atoms with Crippen molar-refractivity contribution in [3.63, 3.8) is 0 Å². The first kappa shape index (κ1) is 9.75. The van der Waals surface area contributed by atoms with Gasteiger partial charge in [0.2, 0.25) is 0 Å². The second-order valence-corrected chi connectivity index (χ2v) is 5.25. The van der Waals surface area contributed by atoms with E-state index in [-0.39, 0.29) is 0 Å². The Labute approximate surface area is 102 Å². The van der Waals surface area contributed by atoms with Gasteiger partial charge in [-0.05, 0) is 40.6 Å². The molecule has 0 aliphatic rings. The van der Waals surface area contributed by atoms with Gasteiger partial charge in [0.15, 0.2) is 0 Å². The van der Waals surface area contributed by atoms with Gasteiger partial charge in [-0.3, -0.25) is 0 Å². The van der Waals surface area contributed by atoms with E-state index in [9.17, 15) is 0 Å². The largest absolute Gasteiger partial charge is 0.237 e. The summed E-state index contributed by atoms with van der Waals surface area (Å²) in [5.74, 6) is 0. The Morgan fingerprint density at radius 2 is 2.00 bits per heavy atom. The number of thiophene rings is 1. The molecule has 3 rings (SSSR count). The predicted molar refractivity (Wildman–Crippen MR) is 72.9 cm³/mol. The van der Waals surface area contributed by atoms with E-state index in [0.29, 0.717) is 0 Å². The molecule has 0 fully saturated rings. The maximum Gasteiger partial charge on any atom is 0.117 e. The second-order valence-electron chi connectivity index (χ2n) is 3.41. The molecule has 78 valence electrons. The van der Waals surface area contributed by atoms with Gasteiger partial charge >= 0.3 is 0 Å². The van der Waals surface area contributed by atoms with Crippen molar-refractivity contribution in [1.29, 1.82) is 0 Å². The Morgan fingerprint density at radius 3 is 2.81 bits per heavy atom. The van der Waals surface area contributed by atoms with Crippen LogP contribution in [0.5, 0.6) is 0 Å². The molecule has 0 saturated heterocycles. The Kier molecular flexibility index (Phi) is 2.56. The molecule has 0 N–H and O–H groups in total. The highest BCUT2D eigenvalue weighted by Gasteiger charge is 1.98. The fourth-order valence-electron chi connectivity index (χ4n) is 1.50. The van der Waals surface area contributed by atoms with Gasteiger partial charge in [0.05, 0.1) is 10.2 Å². The zero-order chi connectivity index (χ0) is 10.8. The number of thiazole rings is 1. The summed E-state index contributed by atoms with van der Waals surface area (Å²) >= 11 is 3.44. The van der Waals surface area contributed by atoms with Crippen LogP contribution >= 0.6 is 22.7 Å². The van der Waals surface area contributed by atoms with E-state index in [1.165, 1.54) is 10.3 Å². The first-order valence-corrected chi connectivity index (χ1v) is 6.73. The SMILES string of the molecule is C(=C\c1nc2ccccc2s1)/c1ccsc1. The molecule has 0 bridgehead atoms. The van der Waals surface area contributed by atoms with Crippen molar-refractivity contribution in [3.8, 4) is 0 Å². The lowest BCUT2D eigenvalue weighted by Crippen LogP contribution is -1.67. The van der Waals surface area contributed by atoms with Gasteiger partial charge in [0.1, 0.15) is 5.01 Å². The molecular formula is C13H9NS2. The van der Waals surface area contributed by atoms with E-state index in [2.05, 4.69) is 40.0 Å². The number of rotatable bonds is 2. The summed E-state index contributed by atoms with van der Waals surface area (Å²) < 4.78 is 1.24. The van der Waals surface area contributed by atoms with Crippen LogP contribution in [0.15, 0.2) is 41.1 Å². The van der Waals surface area contributed by atoms with Crippen LogP contribution < -0.4 is 0 Å². The monoisotopic (exact) mass is 243 g/mol. The zero-order valence-corrected chi connectivity index (χ0v) is 10.1. The molecule has 0 aliphatic heterocycles. The maximum atomic E-state index is 4.55. The molecule has 1 aromatic carbocycles. The molecule has 0 atom stereocenters. The van der Waals surface area contributed by atoms with Crippen LogP contribution in [0.4, 0.5) is 0 Å². The smallest absolute Gasteiger partial charge is 0.117 e. The first-order chi connectivity index (χ1) is 7.92. The van der Waals surface area contributed by atoms with Crippen molar-refractivity contribution in [2.75, 3.05) is 0 Å². The Hall–Kier alpha value is -1.45. The van der Waals surface area contributed by atoms with Gasteiger partial charge in [-0.1, -0.05) is 18.2 Å². The lowest BCUT2D eigenvalue weighted by Gasteiger charge is -1.82. The average molecular weight is 243 g/mol. The van der Waals surface area contributed by atoms with E-state index in [1.54, 1.807) is 22.7 Å². The van der Waals surface area contributed by atoms with Crippen molar-refractivity contribution >= 4 is 45.0 Å². The summed E-state index contributed by atoms with van der Waals surface area (Å²) in [6, 6.07) is 10.3. The topological polar surface area (TPSA) is 12.9 Å². The van der Waals surface area contributed by atoms with Crippen molar-refractivity contribution in [2.24, 2.45) is 0 Å². The average Bonchev–Trinajstić information content (AvgIpc) is 2.95. The van der Waals surface area contributed by atoms with E-state index in [0.717, 1.165) is 10.5 Å². The van der Waals surface area contributed by atoms with Gasteiger partial charge < -0.3 is 0 Å². The molecule has 2 heterocycles. The van der Waals surface area contributed by atoms with Crippen LogP contribution in [-0.2, 0) is 0 Å². The quantitative estimate of drug-likeness (QED) is 0.644. The number of benzene rings is 1. The molecule has 0 amide bonds. The predicted octanol–water partition coefficient (Wildman–Crippen LogP) is 4.53. The number of para-hydroxylation sites is 1. The highest BCUT2D eigenvalue weighted by molar-refractivity contribution is 7.19. The minimum atomic E-state index is 1.06. The third-order valence-corrected chi connectivity index (χ3v) is 3.98. The molecule has 0 unspecified atom stereocenters. The number of nitrogens with zero attached hydrogens (tertiary/aromatic N) is 1. The lowest BCUT2D eigenvalue weighted by molar-refractivity contribution is 1.46. The summed E-state index contributed by atoms with van der Waals surface area (Å²) in [6.07, 6.45) is 4.18. The van der Waals surface area contributed by atoms with Crippen molar-refractivity contribution in [1.82, 2.24) is 4.98 Å². The molecule has 1 nitrogen and oxygen atoms in total. The fraction of sp³-hybridized carbons (Fsp3) is 0. The normalized spacial score (nSPS) is 11.5. The van der Waals surface area contributed by atoms with Crippen LogP contribution in [0.3, 0.4) is 0 Å². The Balaban J connectivity index is 1.95. The first-order valence-electron chi connectivity index (χ1n) is 4.98. The lowest BCUT2D eigenvalue weighted by atomic mass is 10.3. The molecule has 0 aliphatic carbocycles. The molecule has 2 aromatic heterocycles. The molecule has 0 radical (unpaired) electrons. The second kappa shape index (κ2) is 4.20. The van der Waals surface area contributed by atoms with Crippen LogP contribution in [0.2, 0.25) is 0 Å². The van der Waals surface area contributed by atoms with E-state index in [1.807, 2.05) is 18.2 Å². The van der Waals surface area contributed by atoms with Crippen molar-refractivity contribution in [3.05, 3.63) is 51.7 Å². The van der Waals surface area contributed by atoms with Gasteiger partial charge in [0.25, 0.3) is 0 Å². The molecular weight excluding hydrogens is 234 g/mol. The number of aromatic nitrogens is 1. The Bertz CT molecular complexity index is 587. The number of fused-ring (bicyclic) bond motifs is 1. The zero-order valence-electron chi connectivity index (χ0n) is 8.46. The van der Waals surface area contributed by atoms with Crippen LogP contribution in [0.25, 0.3) is 22.4 Å². The third-order valence-electron chi connectivity index (χ3n) is 2.27. The summed E-state index contributed by atoms with van der Waals surface area (Å²) in [5.41, 5.74) is 2.32. The number of hydrogen-bond acceptors (Lipinski definition) is 3. The minimum Gasteiger partial charge on any atom is -0.237 e. The van der Waals surface area contributed by atoms with Gasteiger partial charge in [0, 0.05) is 0 Å². The van der Waals surface area contributed by atoms with E-state index in [4.69, 9.17) is 0 Å². The molecule has 16 heavy (non-hydrogen) atoms. The van der Waals surface area contributed by atoms with Crippen molar-refractivity contribution in [2.45, 2.75) is 0 Å². The summed E-state index contributed by atoms with van der Waals surface area (Å²) in [7, 11) is 0. The fourth-order valence-corrected chi connectivity index (χ4v) is 3.00. The van der Waals surface area contributed by atoms with Gasteiger partial charge in [-0.2, -0.15) is 11.3 Å². The summed E-state index contributed by atoms with van der Waals surface area (Å²) in [6.45, 7) is 0. The molecule has 3 heteroatoms. The summed E-state index contributed by atoms with van der Waals surface area (Å²) in [4.78, 5) is 4.55. The standard InChI is InChI=1S/C13H9NS2/c1-2-4-12-11(3-1)14-13(16-12)6-5-10-7-8-15-9-10/h1-9H/b6-5+. The van der Waals surface area contributed by atoms with Gasteiger partial charge in [-0.15, -0.1) is 11.3 Å². The third kappa shape index (κ3) is 1.92. The maximum absolute atomic E-state index is 4.55. The van der Waals surface area contributed by atoms with Gasteiger partial charge in [-0.25, -0.2) is 4.98 Å². The minimum absolute atomic E-state index is 1.06. The summed E-state index contributed by atoms with van der Waals surface area (Å²) in [5, 5.41) is 5.27. The molecule has 0 saturated carbocycles. The number of hydrogen-bond donors (Lipinski definition) is 0. The van der Waals surface area contributed by atoms with E-state index < -0.39 is 0 Å². The molecule has 3 aromatic rings. The Morgan fingerprint density at radius 1 is 1.06 bits per heavy atom. The van der Waals surface area contributed by atoms with Crippen molar-refractivity contribution < 1.29 is 0 Å². The van der Waals surface area contributed by atoms with E-state index >= 15 is 0 Å². The highest BCUT2D eigenvalue weighted by atomic mass is 32.1. The molecule has 0 spiro atoms. The highest BCUT2D eigenvalue weighted by Crippen LogP contribution is 2.23. The van der Waals surface area contributed by atoms with Crippen LogP contribution in [-0.4, -0.2) is 4.98 Å². The van der Waals surface area contributed by atoms with Crippen LogP contribution in [0, 0.1) is 0 Å².